The van der Waals surface area contributed by atoms with Crippen molar-refractivity contribution >= 4 is 35.6 Å². The maximum absolute atomic E-state index is 12.9. The third-order valence-corrected chi connectivity index (χ3v) is 4.45. The van der Waals surface area contributed by atoms with E-state index in [9.17, 15) is 28.8 Å². The van der Waals surface area contributed by atoms with Gasteiger partial charge in [-0.15, -0.1) is 0 Å². The number of hydrogen-bond donors (Lipinski definition) is 8. The molecule has 9 N–H and O–H groups in total. The third-order valence-electron chi connectivity index (χ3n) is 4.45. The molecule has 1 rings (SSSR count). The smallest absolute Gasteiger partial charge is 0.326 e. The lowest BCUT2D eigenvalue weighted by atomic mass is 10.0. The van der Waals surface area contributed by atoms with Crippen molar-refractivity contribution in [3.05, 3.63) is 35.9 Å². The summed E-state index contributed by atoms with van der Waals surface area (Å²) in [5, 5.41) is 42.4. The molecule has 0 saturated carbocycles. The van der Waals surface area contributed by atoms with E-state index in [1.54, 1.807) is 30.3 Å². The highest BCUT2D eigenvalue weighted by molar-refractivity contribution is 5.96. The Balaban J connectivity index is 3.09. The van der Waals surface area contributed by atoms with E-state index in [-0.39, 0.29) is 6.42 Å². The maximum Gasteiger partial charge on any atom is 0.326 e. The van der Waals surface area contributed by atoms with E-state index >= 15 is 0 Å². The maximum atomic E-state index is 12.9. The van der Waals surface area contributed by atoms with Crippen LogP contribution in [0, 0.1) is 0 Å². The average molecular weight is 482 g/mol. The molecular weight excluding hydrogens is 456 g/mol. The Hall–Kier alpha value is -4.04. The predicted molar refractivity (Wildman–Crippen MR) is 113 cm³/mol. The zero-order chi connectivity index (χ0) is 25.8. The Labute approximate surface area is 193 Å². The lowest BCUT2D eigenvalue weighted by molar-refractivity contribution is -0.148. The van der Waals surface area contributed by atoms with Crippen molar-refractivity contribution in [3.8, 4) is 0 Å². The molecule has 0 fully saturated rings. The molecule has 0 aliphatic rings. The predicted octanol–water partition coefficient (Wildman–Crippen LogP) is -2.96. The summed E-state index contributed by atoms with van der Waals surface area (Å²) >= 11 is 0. The fourth-order valence-electron chi connectivity index (χ4n) is 2.72. The minimum absolute atomic E-state index is 0.0886. The highest BCUT2D eigenvalue weighted by atomic mass is 16.4. The van der Waals surface area contributed by atoms with Crippen LogP contribution in [-0.2, 0) is 35.2 Å². The number of carboxylic acid groups (broad SMARTS) is 3. The molecule has 0 spiro atoms. The molecule has 0 aliphatic heterocycles. The van der Waals surface area contributed by atoms with E-state index in [2.05, 4.69) is 10.6 Å². The molecule has 4 atom stereocenters. The minimum Gasteiger partial charge on any atom is -0.481 e. The minimum atomic E-state index is -1.87. The van der Waals surface area contributed by atoms with Crippen LogP contribution in [0.2, 0.25) is 0 Å². The number of aliphatic hydroxyl groups excluding tert-OH is 1. The van der Waals surface area contributed by atoms with E-state index in [0.29, 0.717) is 5.56 Å². The molecule has 34 heavy (non-hydrogen) atoms. The highest BCUT2D eigenvalue weighted by Crippen LogP contribution is 2.06. The number of nitrogens with one attached hydrogen (secondary N) is 3. The van der Waals surface area contributed by atoms with Crippen LogP contribution in [0.5, 0.6) is 0 Å². The Bertz CT molecular complexity index is 908. The molecule has 1 aromatic rings. The van der Waals surface area contributed by atoms with Gasteiger partial charge in [-0.1, -0.05) is 30.3 Å². The number of carboxylic acids is 3. The van der Waals surface area contributed by atoms with Crippen molar-refractivity contribution in [2.24, 2.45) is 5.73 Å². The van der Waals surface area contributed by atoms with Gasteiger partial charge in [0.1, 0.15) is 24.2 Å². The molecular formula is C20H26N4O10. The van der Waals surface area contributed by atoms with Crippen LogP contribution in [0.4, 0.5) is 0 Å². The number of nitrogens with two attached hydrogens (primary N) is 1. The monoisotopic (exact) mass is 482 g/mol. The second-order valence-corrected chi connectivity index (χ2v) is 7.20. The molecule has 0 aromatic heterocycles. The van der Waals surface area contributed by atoms with E-state index in [1.807, 2.05) is 5.32 Å². The van der Waals surface area contributed by atoms with Gasteiger partial charge >= 0.3 is 17.9 Å². The van der Waals surface area contributed by atoms with Crippen LogP contribution < -0.4 is 21.7 Å². The molecule has 0 saturated heterocycles. The van der Waals surface area contributed by atoms with Crippen LogP contribution in [0.25, 0.3) is 0 Å². The zero-order valence-corrected chi connectivity index (χ0v) is 17.8. The standard InChI is InChI=1S/C20H26N4O10/c21-11(9-25)17(30)22-12(6-10-4-2-1-3-5-10)18(31)23-13(7-15(26)27)19(32)24-14(20(33)34)8-16(28)29/h1-5,11-14,25H,6-9,21H2,(H,22,30)(H,23,31)(H,24,32)(H,26,27)(H,28,29)(H,33,34). The van der Waals surface area contributed by atoms with Gasteiger partial charge in [0.05, 0.1) is 19.4 Å². The van der Waals surface area contributed by atoms with E-state index in [1.165, 1.54) is 0 Å². The molecule has 0 heterocycles. The zero-order valence-electron chi connectivity index (χ0n) is 17.8. The summed E-state index contributed by atoms with van der Waals surface area (Å²) in [5.41, 5.74) is 6.05. The van der Waals surface area contributed by atoms with Gasteiger partial charge in [0.25, 0.3) is 0 Å². The van der Waals surface area contributed by atoms with E-state index in [4.69, 9.17) is 26.2 Å². The molecule has 1 aromatic carbocycles. The summed E-state index contributed by atoms with van der Waals surface area (Å²) in [4.78, 5) is 70.7. The van der Waals surface area contributed by atoms with Crippen molar-refractivity contribution in [2.45, 2.75) is 43.4 Å². The summed E-state index contributed by atoms with van der Waals surface area (Å²) in [6.07, 6.45) is -2.03. The fourth-order valence-corrected chi connectivity index (χ4v) is 2.72. The van der Waals surface area contributed by atoms with E-state index in [0.717, 1.165) is 0 Å². The van der Waals surface area contributed by atoms with Gasteiger partial charge in [0.15, 0.2) is 0 Å². The average Bonchev–Trinajstić information content (AvgIpc) is 2.76. The van der Waals surface area contributed by atoms with Crippen molar-refractivity contribution in [3.63, 3.8) is 0 Å². The third kappa shape index (κ3) is 9.62. The normalized spacial score (nSPS) is 14.1. The van der Waals surface area contributed by atoms with Gasteiger partial charge in [-0.05, 0) is 5.56 Å². The summed E-state index contributed by atoms with van der Waals surface area (Å²) in [6.45, 7) is -0.713. The molecule has 0 bridgehead atoms. The van der Waals surface area contributed by atoms with Gasteiger partial charge in [-0.3, -0.25) is 24.0 Å². The summed E-state index contributed by atoms with van der Waals surface area (Å²) in [6, 6.07) is 1.97. The Kier molecular flexibility index (Phi) is 11.1. The molecule has 3 amide bonds. The highest BCUT2D eigenvalue weighted by Gasteiger charge is 2.32. The second kappa shape index (κ2) is 13.5. The first-order valence-electron chi connectivity index (χ1n) is 9.92. The van der Waals surface area contributed by atoms with Gasteiger partial charge in [-0.2, -0.15) is 0 Å². The van der Waals surface area contributed by atoms with Crippen LogP contribution in [0.3, 0.4) is 0 Å². The Morgan fingerprint density at radius 2 is 1.21 bits per heavy atom. The van der Waals surface area contributed by atoms with Gasteiger partial charge in [0.2, 0.25) is 17.7 Å². The number of hydrogen-bond acceptors (Lipinski definition) is 8. The number of amides is 3. The van der Waals surface area contributed by atoms with Gasteiger partial charge in [0, 0.05) is 6.42 Å². The van der Waals surface area contributed by atoms with Crippen LogP contribution in [0.15, 0.2) is 30.3 Å². The van der Waals surface area contributed by atoms with Crippen LogP contribution in [-0.4, -0.2) is 86.8 Å². The number of benzene rings is 1. The van der Waals surface area contributed by atoms with Crippen molar-refractivity contribution in [1.29, 1.82) is 0 Å². The number of rotatable bonds is 14. The second-order valence-electron chi connectivity index (χ2n) is 7.20. The van der Waals surface area contributed by atoms with Gasteiger partial charge in [-0.25, -0.2) is 4.79 Å². The quantitative estimate of drug-likeness (QED) is 0.133. The molecule has 0 radical (unpaired) electrons. The first kappa shape index (κ1) is 28.0. The van der Waals surface area contributed by atoms with Crippen molar-refractivity contribution < 1.29 is 49.2 Å². The van der Waals surface area contributed by atoms with Crippen LogP contribution in [0.1, 0.15) is 18.4 Å². The molecule has 14 heteroatoms. The molecule has 14 nitrogen and oxygen atoms in total. The van der Waals surface area contributed by atoms with Crippen molar-refractivity contribution in [1.82, 2.24) is 16.0 Å². The molecule has 0 aliphatic carbocycles. The first-order chi connectivity index (χ1) is 15.9. The number of aliphatic hydroxyl groups is 1. The first-order valence-corrected chi connectivity index (χ1v) is 9.92. The Morgan fingerprint density at radius 1 is 0.735 bits per heavy atom. The SMILES string of the molecule is NC(CO)C(=O)NC(Cc1ccccc1)C(=O)NC(CC(=O)O)C(=O)NC(CC(=O)O)C(=O)O. The largest absolute Gasteiger partial charge is 0.481 e. The number of aliphatic carboxylic acids is 3. The lowest BCUT2D eigenvalue weighted by Crippen LogP contribution is -2.58. The molecule has 4 unspecified atom stereocenters. The lowest BCUT2D eigenvalue weighted by Gasteiger charge is -2.24. The fraction of sp³-hybridized carbons (Fsp3) is 0.400. The van der Waals surface area contributed by atoms with Crippen LogP contribution >= 0.6 is 0 Å². The summed E-state index contributed by atoms with van der Waals surface area (Å²) < 4.78 is 0. The van der Waals surface area contributed by atoms with Gasteiger partial charge < -0.3 is 42.1 Å². The van der Waals surface area contributed by atoms with Crippen molar-refractivity contribution in [2.75, 3.05) is 6.61 Å². The van der Waals surface area contributed by atoms with E-state index < -0.39 is 79.2 Å². The molecule has 186 valence electrons. The summed E-state index contributed by atoms with van der Waals surface area (Å²) in [5.74, 6) is -7.85. The number of carbonyl (C=O) groups excluding carboxylic acids is 3. The summed E-state index contributed by atoms with van der Waals surface area (Å²) in [7, 11) is 0. The number of carbonyl (C=O) groups is 6. The topological polar surface area (TPSA) is 245 Å². The Morgan fingerprint density at radius 3 is 1.71 bits per heavy atom.